The molecule has 0 aromatic carbocycles. The SMILES string of the molecule is O=C(O)c1cncc(NS(=O)(=O)c2cccs2)c1. The van der Waals surface area contributed by atoms with Crippen LogP contribution >= 0.6 is 11.3 Å². The van der Waals surface area contributed by atoms with E-state index in [1.165, 1.54) is 18.3 Å². The number of hydrogen-bond acceptors (Lipinski definition) is 5. The molecule has 8 heteroatoms. The highest BCUT2D eigenvalue weighted by Crippen LogP contribution is 2.20. The van der Waals surface area contributed by atoms with E-state index in [-0.39, 0.29) is 15.5 Å². The first-order valence-corrected chi connectivity index (χ1v) is 7.10. The lowest BCUT2D eigenvalue weighted by atomic mass is 10.3. The van der Waals surface area contributed by atoms with Gasteiger partial charge in [0.25, 0.3) is 10.0 Å². The molecule has 2 rings (SSSR count). The Bertz CT molecular complexity index is 665. The summed E-state index contributed by atoms with van der Waals surface area (Å²) in [5, 5.41) is 10.4. The quantitative estimate of drug-likeness (QED) is 0.889. The van der Waals surface area contributed by atoms with E-state index in [4.69, 9.17) is 5.11 Å². The summed E-state index contributed by atoms with van der Waals surface area (Å²) in [5.74, 6) is -1.17. The Balaban J connectivity index is 2.30. The molecule has 0 aliphatic rings. The van der Waals surface area contributed by atoms with Crippen molar-refractivity contribution in [3.8, 4) is 0 Å². The largest absolute Gasteiger partial charge is 0.478 e. The fraction of sp³-hybridized carbons (Fsp3) is 0. The molecule has 0 bridgehead atoms. The molecule has 0 unspecified atom stereocenters. The van der Waals surface area contributed by atoms with Crippen LogP contribution in [0.15, 0.2) is 40.2 Å². The monoisotopic (exact) mass is 284 g/mol. The molecule has 0 aliphatic heterocycles. The van der Waals surface area contributed by atoms with Crippen molar-refractivity contribution in [2.75, 3.05) is 4.72 Å². The third-order valence-electron chi connectivity index (χ3n) is 2.00. The van der Waals surface area contributed by atoms with Gasteiger partial charge in [-0.05, 0) is 17.5 Å². The fourth-order valence-electron chi connectivity index (χ4n) is 1.23. The Labute approximate surface area is 107 Å². The Morgan fingerprint density at radius 1 is 1.39 bits per heavy atom. The molecular weight excluding hydrogens is 276 g/mol. The second-order valence-corrected chi connectivity index (χ2v) is 6.16. The molecule has 0 atom stereocenters. The number of thiophene rings is 1. The summed E-state index contributed by atoms with van der Waals surface area (Å²) in [4.78, 5) is 14.4. The molecule has 0 aliphatic carbocycles. The van der Waals surface area contributed by atoms with Gasteiger partial charge in [0.15, 0.2) is 0 Å². The summed E-state index contributed by atoms with van der Waals surface area (Å²) in [6.07, 6.45) is 2.39. The average molecular weight is 284 g/mol. The second-order valence-electron chi connectivity index (χ2n) is 3.31. The lowest BCUT2D eigenvalue weighted by Gasteiger charge is -2.06. The van der Waals surface area contributed by atoms with Crippen LogP contribution in [0, 0.1) is 0 Å². The highest BCUT2D eigenvalue weighted by atomic mass is 32.2. The minimum absolute atomic E-state index is 0.0821. The van der Waals surface area contributed by atoms with Crippen LogP contribution in [0.25, 0.3) is 0 Å². The standard InChI is InChI=1S/C10H8N2O4S2/c13-10(14)7-4-8(6-11-5-7)12-18(15,16)9-2-1-3-17-9/h1-6,12H,(H,13,14). The Morgan fingerprint density at radius 3 is 2.78 bits per heavy atom. The first-order valence-electron chi connectivity index (χ1n) is 4.74. The van der Waals surface area contributed by atoms with Gasteiger partial charge >= 0.3 is 5.97 Å². The van der Waals surface area contributed by atoms with Crippen LogP contribution in [-0.2, 0) is 10.0 Å². The zero-order valence-electron chi connectivity index (χ0n) is 8.90. The number of carboxylic acid groups (broad SMARTS) is 1. The van der Waals surface area contributed by atoms with Gasteiger partial charge in [0.1, 0.15) is 4.21 Å². The van der Waals surface area contributed by atoms with Gasteiger partial charge in [-0.3, -0.25) is 9.71 Å². The van der Waals surface area contributed by atoms with E-state index < -0.39 is 16.0 Å². The Morgan fingerprint density at radius 2 is 2.17 bits per heavy atom. The first kappa shape index (κ1) is 12.5. The molecule has 2 N–H and O–H groups in total. The van der Waals surface area contributed by atoms with E-state index in [1.807, 2.05) is 0 Å². The van der Waals surface area contributed by atoms with Crippen molar-refractivity contribution in [2.24, 2.45) is 0 Å². The van der Waals surface area contributed by atoms with Gasteiger partial charge in [-0.1, -0.05) is 6.07 Å². The number of carbonyl (C=O) groups is 1. The van der Waals surface area contributed by atoms with E-state index in [0.717, 1.165) is 17.5 Å². The molecule has 0 radical (unpaired) electrons. The zero-order valence-corrected chi connectivity index (χ0v) is 10.5. The topological polar surface area (TPSA) is 96.4 Å². The molecule has 94 valence electrons. The maximum Gasteiger partial charge on any atom is 0.337 e. The minimum atomic E-state index is -3.68. The number of aromatic carboxylic acids is 1. The molecule has 0 amide bonds. The number of hydrogen-bond donors (Lipinski definition) is 2. The van der Waals surface area contributed by atoms with Gasteiger partial charge in [0.2, 0.25) is 0 Å². The molecular formula is C10H8N2O4S2. The summed E-state index contributed by atoms with van der Waals surface area (Å²) in [5.41, 5.74) is 0.0321. The van der Waals surface area contributed by atoms with Gasteiger partial charge < -0.3 is 5.11 Å². The normalized spacial score (nSPS) is 11.1. The van der Waals surface area contributed by atoms with Crippen LogP contribution < -0.4 is 4.72 Å². The number of sulfonamides is 1. The first-order chi connectivity index (χ1) is 8.49. The summed E-state index contributed by atoms with van der Waals surface area (Å²) < 4.78 is 26.2. The number of anilines is 1. The zero-order chi connectivity index (χ0) is 13.2. The molecule has 0 spiro atoms. The van der Waals surface area contributed by atoms with Crippen molar-refractivity contribution in [3.05, 3.63) is 41.5 Å². The summed E-state index contributed by atoms with van der Waals surface area (Å²) >= 11 is 1.07. The summed E-state index contributed by atoms with van der Waals surface area (Å²) in [6.45, 7) is 0. The molecule has 18 heavy (non-hydrogen) atoms. The van der Waals surface area contributed by atoms with Crippen molar-refractivity contribution in [3.63, 3.8) is 0 Å². The number of rotatable bonds is 4. The third-order valence-corrected chi connectivity index (χ3v) is 4.78. The molecule has 0 saturated heterocycles. The number of pyridine rings is 1. The maximum absolute atomic E-state index is 11.9. The van der Waals surface area contributed by atoms with Crippen molar-refractivity contribution in [2.45, 2.75) is 4.21 Å². The predicted molar refractivity (Wildman–Crippen MR) is 66.3 cm³/mol. The maximum atomic E-state index is 11.9. The van der Waals surface area contributed by atoms with Crippen LogP contribution in [0.3, 0.4) is 0 Å². The summed E-state index contributed by atoms with van der Waals surface area (Å²) in [7, 11) is -3.68. The van der Waals surface area contributed by atoms with Crippen LogP contribution in [0.2, 0.25) is 0 Å². The van der Waals surface area contributed by atoms with E-state index in [0.29, 0.717) is 0 Å². The molecule has 0 saturated carbocycles. The highest BCUT2D eigenvalue weighted by Gasteiger charge is 2.16. The van der Waals surface area contributed by atoms with Crippen molar-refractivity contribution >= 4 is 33.0 Å². The van der Waals surface area contributed by atoms with Gasteiger partial charge in [0.05, 0.1) is 17.4 Å². The number of aromatic nitrogens is 1. The fourth-order valence-corrected chi connectivity index (χ4v) is 3.26. The van der Waals surface area contributed by atoms with Gasteiger partial charge in [-0.15, -0.1) is 11.3 Å². The predicted octanol–water partition coefficient (Wildman–Crippen LogP) is 1.64. The number of nitrogens with one attached hydrogen (secondary N) is 1. The van der Waals surface area contributed by atoms with Gasteiger partial charge in [-0.2, -0.15) is 0 Å². The average Bonchev–Trinajstić information content (AvgIpc) is 2.82. The molecule has 0 fully saturated rings. The lowest BCUT2D eigenvalue weighted by molar-refractivity contribution is 0.0696. The van der Waals surface area contributed by atoms with Crippen LogP contribution in [0.5, 0.6) is 0 Å². The van der Waals surface area contributed by atoms with Crippen molar-refractivity contribution in [1.82, 2.24) is 4.98 Å². The smallest absolute Gasteiger partial charge is 0.337 e. The van der Waals surface area contributed by atoms with Gasteiger partial charge in [-0.25, -0.2) is 13.2 Å². The van der Waals surface area contributed by atoms with Gasteiger partial charge in [0, 0.05) is 6.20 Å². The highest BCUT2D eigenvalue weighted by molar-refractivity contribution is 7.94. The third kappa shape index (κ3) is 2.66. The molecule has 2 aromatic heterocycles. The van der Waals surface area contributed by atoms with Crippen molar-refractivity contribution in [1.29, 1.82) is 0 Å². The van der Waals surface area contributed by atoms with Crippen LogP contribution in [0.1, 0.15) is 10.4 Å². The molecule has 2 heterocycles. The van der Waals surface area contributed by atoms with Crippen LogP contribution in [0.4, 0.5) is 5.69 Å². The molecule has 6 nitrogen and oxygen atoms in total. The van der Waals surface area contributed by atoms with Crippen molar-refractivity contribution < 1.29 is 18.3 Å². The van der Waals surface area contributed by atoms with E-state index in [9.17, 15) is 13.2 Å². The minimum Gasteiger partial charge on any atom is -0.478 e. The Kier molecular flexibility index (Phi) is 3.30. The number of nitrogens with zero attached hydrogens (tertiary/aromatic N) is 1. The summed E-state index contributed by atoms with van der Waals surface area (Å²) in [6, 6.07) is 4.28. The van der Waals surface area contributed by atoms with Crippen LogP contribution in [-0.4, -0.2) is 24.5 Å². The number of carboxylic acids is 1. The van der Waals surface area contributed by atoms with E-state index in [1.54, 1.807) is 11.4 Å². The Hall–Kier alpha value is -1.93. The second kappa shape index (κ2) is 4.75. The lowest BCUT2D eigenvalue weighted by Crippen LogP contribution is -2.12. The van der Waals surface area contributed by atoms with E-state index in [2.05, 4.69) is 9.71 Å². The molecule has 2 aromatic rings. The van der Waals surface area contributed by atoms with E-state index >= 15 is 0 Å².